The van der Waals surface area contributed by atoms with Crippen molar-refractivity contribution in [3.05, 3.63) is 35.8 Å². The molecule has 2 nitrogen and oxygen atoms in total. The fourth-order valence-corrected chi connectivity index (χ4v) is 2.10. The van der Waals surface area contributed by atoms with Crippen molar-refractivity contribution < 1.29 is 0 Å². The van der Waals surface area contributed by atoms with Crippen LogP contribution in [0.1, 0.15) is 17.7 Å². The first-order chi connectivity index (χ1) is 6.45. The number of aryl methyl sites for hydroxylation is 2. The number of nitrogens with zero attached hydrogens (tertiary/aromatic N) is 2. The van der Waals surface area contributed by atoms with Gasteiger partial charge in [0.05, 0.1) is 11.2 Å². The molecule has 0 aliphatic heterocycles. The van der Waals surface area contributed by atoms with Gasteiger partial charge in [0.2, 0.25) is 0 Å². The molecule has 0 fully saturated rings. The van der Waals surface area contributed by atoms with Gasteiger partial charge in [-0.3, -0.25) is 0 Å². The van der Waals surface area contributed by atoms with Crippen LogP contribution in [0.5, 0.6) is 0 Å². The summed E-state index contributed by atoms with van der Waals surface area (Å²) < 4.78 is 0. The first-order valence-electron chi connectivity index (χ1n) is 4.66. The lowest BCUT2D eigenvalue weighted by molar-refractivity contribution is 0.782. The van der Waals surface area contributed by atoms with Crippen molar-refractivity contribution in [2.24, 2.45) is 0 Å². The summed E-state index contributed by atoms with van der Waals surface area (Å²) in [6, 6.07) is 6.34. The van der Waals surface area contributed by atoms with Gasteiger partial charge < -0.3 is 0 Å². The van der Waals surface area contributed by atoms with Crippen molar-refractivity contribution in [3.8, 4) is 0 Å². The molecule has 0 radical (unpaired) electrons. The fourth-order valence-electron chi connectivity index (χ4n) is 2.10. The summed E-state index contributed by atoms with van der Waals surface area (Å²) >= 11 is 0. The smallest absolute Gasteiger partial charge is 0.116 e. The quantitative estimate of drug-likeness (QED) is 0.605. The number of hydrogen-bond acceptors (Lipinski definition) is 2. The monoisotopic (exact) mass is 170 g/mol. The van der Waals surface area contributed by atoms with E-state index in [-0.39, 0.29) is 0 Å². The lowest BCUT2D eigenvalue weighted by Crippen LogP contribution is -2.03. The van der Waals surface area contributed by atoms with Crippen LogP contribution in [0.25, 0.3) is 10.9 Å². The summed E-state index contributed by atoms with van der Waals surface area (Å²) in [6.07, 6.45) is 5.18. The highest BCUT2D eigenvalue weighted by Crippen LogP contribution is 2.26. The molecule has 0 spiro atoms. The van der Waals surface area contributed by atoms with Gasteiger partial charge in [0.25, 0.3) is 0 Å². The number of hydrogen-bond donors (Lipinski definition) is 0. The number of aromatic nitrogens is 2. The van der Waals surface area contributed by atoms with E-state index < -0.39 is 0 Å². The summed E-state index contributed by atoms with van der Waals surface area (Å²) in [5.41, 5.74) is 3.74. The highest BCUT2D eigenvalue weighted by Gasteiger charge is 2.12. The zero-order valence-corrected chi connectivity index (χ0v) is 7.33. The molecule has 1 heterocycles. The Labute approximate surface area is 76.6 Å². The van der Waals surface area contributed by atoms with E-state index >= 15 is 0 Å². The highest BCUT2D eigenvalue weighted by molar-refractivity contribution is 5.84. The zero-order chi connectivity index (χ0) is 8.67. The second-order valence-corrected chi connectivity index (χ2v) is 3.49. The number of rotatable bonds is 0. The van der Waals surface area contributed by atoms with Gasteiger partial charge in [0.1, 0.15) is 6.33 Å². The predicted molar refractivity (Wildman–Crippen MR) is 51.6 cm³/mol. The Morgan fingerprint density at radius 2 is 2.08 bits per heavy atom. The molecule has 1 aromatic carbocycles. The first-order valence-corrected chi connectivity index (χ1v) is 4.66. The molecule has 0 N–H and O–H groups in total. The molecule has 0 unspecified atom stereocenters. The molecular formula is C11H10N2. The molecule has 2 heteroatoms. The summed E-state index contributed by atoms with van der Waals surface area (Å²) in [6.45, 7) is 0. The van der Waals surface area contributed by atoms with E-state index in [1.165, 1.54) is 29.5 Å². The van der Waals surface area contributed by atoms with Crippen molar-refractivity contribution in [1.82, 2.24) is 9.97 Å². The van der Waals surface area contributed by atoms with Crippen molar-refractivity contribution >= 4 is 10.9 Å². The summed E-state index contributed by atoms with van der Waals surface area (Å²) in [5, 5.41) is 1.30. The largest absolute Gasteiger partial charge is 0.241 e. The second kappa shape index (κ2) is 2.52. The standard InChI is InChI=1S/C11H10N2/c1-3-8-4-2-6-10-11(8)9(5-1)12-7-13-10/h1,3,5,7H,2,4,6H2. The van der Waals surface area contributed by atoms with Crippen LogP contribution in [0.15, 0.2) is 24.5 Å². The molecule has 0 saturated heterocycles. The normalized spacial score (nSPS) is 14.8. The molecular weight excluding hydrogens is 160 g/mol. The molecule has 1 aromatic heterocycles. The summed E-state index contributed by atoms with van der Waals surface area (Å²) in [4.78, 5) is 8.60. The van der Waals surface area contributed by atoms with Gasteiger partial charge in [-0.2, -0.15) is 0 Å². The van der Waals surface area contributed by atoms with E-state index in [1.807, 2.05) is 0 Å². The van der Waals surface area contributed by atoms with Crippen molar-refractivity contribution in [2.75, 3.05) is 0 Å². The van der Waals surface area contributed by atoms with Crippen LogP contribution in [-0.2, 0) is 12.8 Å². The topological polar surface area (TPSA) is 25.8 Å². The van der Waals surface area contributed by atoms with Gasteiger partial charge in [-0.15, -0.1) is 0 Å². The average molecular weight is 170 g/mol. The minimum absolute atomic E-state index is 1.10. The fraction of sp³-hybridized carbons (Fsp3) is 0.273. The van der Waals surface area contributed by atoms with Crippen LogP contribution in [-0.4, -0.2) is 9.97 Å². The van der Waals surface area contributed by atoms with Crippen molar-refractivity contribution in [3.63, 3.8) is 0 Å². The van der Waals surface area contributed by atoms with E-state index in [0.717, 1.165) is 11.9 Å². The van der Waals surface area contributed by atoms with Gasteiger partial charge in [-0.1, -0.05) is 12.1 Å². The van der Waals surface area contributed by atoms with E-state index in [4.69, 9.17) is 0 Å². The van der Waals surface area contributed by atoms with Gasteiger partial charge in [-0.25, -0.2) is 9.97 Å². The minimum Gasteiger partial charge on any atom is -0.241 e. The third-order valence-corrected chi connectivity index (χ3v) is 2.69. The van der Waals surface area contributed by atoms with Crippen molar-refractivity contribution in [1.29, 1.82) is 0 Å². The van der Waals surface area contributed by atoms with Crippen LogP contribution in [0.2, 0.25) is 0 Å². The third-order valence-electron chi connectivity index (χ3n) is 2.69. The summed E-state index contributed by atoms with van der Waals surface area (Å²) in [5.74, 6) is 0. The maximum atomic E-state index is 4.33. The molecule has 1 aliphatic rings. The molecule has 0 bridgehead atoms. The number of benzene rings is 1. The minimum atomic E-state index is 1.10. The van der Waals surface area contributed by atoms with Crippen LogP contribution >= 0.6 is 0 Å². The molecule has 0 atom stereocenters. The molecule has 0 amide bonds. The van der Waals surface area contributed by atoms with Crippen LogP contribution in [0, 0.1) is 0 Å². The molecule has 3 rings (SSSR count). The second-order valence-electron chi connectivity index (χ2n) is 3.49. The molecule has 13 heavy (non-hydrogen) atoms. The summed E-state index contributed by atoms with van der Waals surface area (Å²) in [7, 11) is 0. The zero-order valence-electron chi connectivity index (χ0n) is 7.33. The Bertz CT molecular complexity index is 424. The lowest BCUT2D eigenvalue weighted by atomic mass is 9.94. The van der Waals surface area contributed by atoms with Crippen LogP contribution in [0.3, 0.4) is 0 Å². The maximum absolute atomic E-state index is 4.33. The Morgan fingerprint density at radius 3 is 3.08 bits per heavy atom. The van der Waals surface area contributed by atoms with Gasteiger partial charge in [0, 0.05) is 5.39 Å². The Hall–Kier alpha value is -1.44. The van der Waals surface area contributed by atoms with Gasteiger partial charge >= 0.3 is 0 Å². The van der Waals surface area contributed by atoms with Gasteiger partial charge in [-0.05, 0) is 30.9 Å². The molecule has 2 aromatic rings. The Balaban J connectivity index is 2.49. The van der Waals surface area contributed by atoms with Crippen LogP contribution < -0.4 is 0 Å². The van der Waals surface area contributed by atoms with E-state index in [2.05, 4.69) is 28.2 Å². The lowest BCUT2D eigenvalue weighted by Gasteiger charge is -2.14. The predicted octanol–water partition coefficient (Wildman–Crippen LogP) is 2.12. The third kappa shape index (κ3) is 0.949. The Kier molecular flexibility index (Phi) is 1.36. The van der Waals surface area contributed by atoms with E-state index in [0.29, 0.717) is 0 Å². The molecule has 0 saturated carbocycles. The molecule has 1 aliphatic carbocycles. The average Bonchev–Trinajstić information content (AvgIpc) is 2.19. The van der Waals surface area contributed by atoms with Crippen LogP contribution in [0.4, 0.5) is 0 Å². The Morgan fingerprint density at radius 1 is 1.08 bits per heavy atom. The van der Waals surface area contributed by atoms with Gasteiger partial charge in [0.15, 0.2) is 0 Å². The van der Waals surface area contributed by atoms with Crippen molar-refractivity contribution in [2.45, 2.75) is 19.3 Å². The highest BCUT2D eigenvalue weighted by atomic mass is 14.8. The van der Waals surface area contributed by atoms with E-state index in [1.54, 1.807) is 6.33 Å². The van der Waals surface area contributed by atoms with E-state index in [9.17, 15) is 0 Å². The first kappa shape index (κ1) is 7.01. The molecule has 64 valence electrons. The SMILES string of the molecule is c1cc2c3c(ncnc3c1)CCC2. The maximum Gasteiger partial charge on any atom is 0.116 e.